The van der Waals surface area contributed by atoms with Gasteiger partial charge in [0.15, 0.2) is 0 Å². The molecule has 0 bridgehead atoms. The summed E-state index contributed by atoms with van der Waals surface area (Å²) in [5.74, 6) is 0. The molecule has 0 spiro atoms. The smallest absolute Gasteiger partial charge is 0.323 e. The van der Waals surface area contributed by atoms with Crippen LogP contribution in [0, 0.1) is 0 Å². The van der Waals surface area contributed by atoms with Gasteiger partial charge in [-0.15, -0.1) is 12.6 Å². The number of aryl methyl sites for hydroxylation is 1. The summed E-state index contributed by atoms with van der Waals surface area (Å²) >= 11 is 4.73. The van der Waals surface area contributed by atoms with Crippen molar-refractivity contribution in [1.29, 1.82) is 0 Å². The van der Waals surface area contributed by atoms with Crippen molar-refractivity contribution in [2.75, 3.05) is 0 Å². The van der Waals surface area contributed by atoms with E-state index in [1.54, 1.807) is 0 Å². The number of benzene rings is 1. The predicted octanol–water partition coefficient (Wildman–Crippen LogP) is 5.71. The number of hydrogen-bond acceptors (Lipinski definition) is 1. The average Bonchev–Trinajstić information content (AvgIpc) is 2.70. The van der Waals surface area contributed by atoms with Crippen molar-refractivity contribution < 1.29 is 0 Å². The highest BCUT2D eigenvalue weighted by atomic mass is 32.1. The van der Waals surface area contributed by atoms with Gasteiger partial charge in [-0.2, -0.15) is 0 Å². The molecular formula is C18H28NSSi+. The van der Waals surface area contributed by atoms with Gasteiger partial charge in [-0.25, -0.2) is 0 Å². The van der Waals surface area contributed by atoms with E-state index in [2.05, 4.69) is 70.6 Å². The topological polar surface area (TPSA) is 4.93 Å². The largest absolute Gasteiger partial charge is 0.351 e. The Morgan fingerprint density at radius 3 is 2.29 bits per heavy atom. The third-order valence-electron chi connectivity index (χ3n) is 4.51. The average molecular weight is 319 g/mol. The maximum atomic E-state index is 4.73. The van der Waals surface area contributed by atoms with Crippen LogP contribution in [0.1, 0.15) is 40.2 Å². The molecule has 1 aromatic carbocycles. The fourth-order valence-corrected chi connectivity index (χ4v) is 8.12. The van der Waals surface area contributed by atoms with E-state index in [1.807, 2.05) is 0 Å². The second kappa shape index (κ2) is 6.61. The zero-order valence-electron chi connectivity index (χ0n) is 14.1. The number of nitrogens with zero attached hydrogens (tertiary/aromatic N) is 1. The molecule has 0 aliphatic heterocycles. The number of fused-ring (bicyclic) bond motifs is 1. The molecule has 2 aromatic rings. The Bertz CT molecular complexity index is 607. The predicted molar refractivity (Wildman–Crippen MR) is 99.2 cm³/mol. The molecule has 0 aliphatic rings. The molecule has 0 amide bonds. The Hall–Kier alpha value is -0.673. The summed E-state index contributed by atoms with van der Waals surface area (Å²) in [6, 6.07) is 6.73. The van der Waals surface area contributed by atoms with Crippen LogP contribution < -0.4 is 0 Å². The monoisotopic (exact) mass is 318 g/mol. The molecule has 1 heterocycles. The molecular weight excluding hydrogens is 290 g/mol. The zero-order chi connectivity index (χ0) is 15.7. The minimum atomic E-state index is -0.361. The number of hydrogen-bond donors (Lipinski definition) is 1. The van der Waals surface area contributed by atoms with Crippen molar-refractivity contribution in [1.82, 2.24) is 4.57 Å². The van der Waals surface area contributed by atoms with Crippen molar-refractivity contribution in [2.45, 2.75) is 62.6 Å². The van der Waals surface area contributed by atoms with E-state index >= 15 is 0 Å². The molecule has 3 heteroatoms. The van der Waals surface area contributed by atoms with Crippen LogP contribution in [0.3, 0.4) is 0 Å². The van der Waals surface area contributed by atoms with Gasteiger partial charge in [0.1, 0.15) is 0 Å². The molecule has 0 radical (unpaired) electrons. The normalized spacial score (nSPS) is 13.4. The van der Waals surface area contributed by atoms with Crippen LogP contribution in [-0.2, 0) is 13.5 Å². The minimum absolute atomic E-state index is 0.361. The Morgan fingerprint density at radius 1 is 1.10 bits per heavy atom. The lowest BCUT2D eigenvalue weighted by atomic mass is 10.1. The van der Waals surface area contributed by atoms with Gasteiger partial charge in [-0.3, -0.25) is 0 Å². The van der Waals surface area contributed by atoms with E-state index < -0.39 is 0 Å². The molecule has 0 saturated carbocycles. The Balaban J connectivity index is 2.29. The summed E-state index contributed by atoms with van der Waals surface area (Å²) in [5, 5.41) is 1.29. The first kappa shape index (κ1) is 16.7. The lowest BCUT2D eigenvalue weighted by Gasteiger charge is -2.17. The Kier molecular flexibility index (Phi) is 5.26. The maximum absolute atomic E-state index is 4.73. The van der Waals surface area contributed by atoms with Gasteiger partial charge in [-0.1, -0.05) is 0 Å². The molecule has 0 fully saturated rings. The molecule has 2 rings (SSSR count). The van der Waals surface area contributed by atoms with Crippen LogP contribution in [0.25, 0.3) is 10.9 Å². The first-order valence-electron chi connectivity index (χ1n) is 7.94. The Labute approximate surface area is 136 Å². The standard InChI is InChI=1S/C18H27NSSi/c1-12(2)21(13(3)4)14(5)9-16-10-17-15(11-18(16)20)7-8-19(17)6/h7-8,10-14H,9H2,1-6H3/p+1. The van der Waals surface area contributed by atoms with Gasteiger partial charge in [0.05, 0.1) is 16.6 Å². The van der Waals surface area contributed by atoms with Crippen LogP contribution in [0.2, 0.25) is 16.6 Å². The molecule has 21 heavy (non-hydrogen) atoms. The molecule has 0 saturated heterocycles. The SMILES string of the molecule is CC(C)[Si+](C(C)C)C(C)Cc1cc2c(ccn2C)cc1S. The summed E-state index contributed by atoms with van der Waals surface area (Å²) in [6.07, 6.45) is 3.28. The molecule has 1 unspecified atom stereocenters. The molecule has 0 N–H and O–H groups in total. The summed E-state index contributed by atoms with van der Waals surface area (Å²) in [5.41, 5.74) is 5.15. The van der Waals surface area contributed by atoms with Crippen LogP contribution in [0.4, 0.5) is 0 Å². The van der Waals surface area contributed by atoms with Crippen LogP contribution in [0.15, 0.2) is 29.3 Å². The Morgan fingerprint density at radius 2 is 1.71 bits per heavy atom. The van der Waals surface area contributed by atoms with Gasteiger partial charge in [-0.05, 0) is 58.4 Å². The first-order chi connectivity index (χ1) is 9.81. The fourth-order valence-electron chi connectivity index (χ4n) is 3.76. The van der Waals surface area contributed by atoms with Crippen molar-refractivity contribution in [2.24, 2.45) is 7.05 Å². The van der Waals surface area contributed by atoms with Crippen molar-refractivity contribution in [3.63, 3.8) is 0 Å². The second-order valence-corrected chi connectivity index (χ2v) is 11.7. The summed E-state index contributed by atoms with van der Waals surface area (Å²) < 4.78 is 2.20. The van der Waals surface area contributed by atoms with Crippen molar-refractivity contribution in [3.05, 3.63) is 30.0 Å². The van der Waals surface area contributed by atoms with Gasteiger partial charge in [0.25, 0.3) is 0 Å². The van der Waals surface area contributed by atoms with E-state index in [0.717, 1.165) is 27.9 Å². The molecule has 0 aliphatic carbocycles. The van der Waals surface area contributed by atoms with Crippen molar-refractivity contribution in [3.8, 4) is 0 Å². The lowest BCUT2D eigenvalue weighted by Crippen LogP contribution is -2.27. The van der Waals surface area contributed by atoms with E-state index in [9.17, 15) is 0 Å². The summed E-state index contributed by atoms with van der Waals surface area (Å²) in [6.45, 7) is 12.0. The van der Waals surface area contributed by atoms with Crippen molar-refractivity contribution >= 4 is 32.3 Å². The van der Waals surface area contributed by atoms with Crippen LogP contribution >= 0.6 is 12.6 Å². The lowest BCUT2D eigenvalue weighted by molar-refractivity contribution is 0.799. The molecule has 1 atom stereocenters. The quantitative estimate of drug-likeness (QED) is 0.532. The molecule has 1 nitrogen and oxygen atoms in total. The third-order valence-corrected chi connectivity index (χ3v) is 8.94. The maximum Gasteiger partial charge on any atom is 0.323 e. The van der Waals surface area contributed by atoms with Crippen LogP contribution in [0.5, 0.6) is 0 Å². The molecule has 1 aromatic heterocycles. The molecule has 114 valence electrons. The number of aromatic nitrogens is 1. The highest BCUT2D eigenvalue weighted by Crippen LogP contribution is 2.34. The van der Waals surface area contributed by atoms with E-state index in [-0.39, 0.29) is 8.80 Å². The van der Waals surface area contributed by atoms with E-state index in [1.165, 1.54) is 16.5 Å². The van der Waals surface area contributed by atoms with Crippen LogP contribution in [-0.4, -0.2) is 13.4 Å². The zero-order valence-corrected chi connectivity index (χ0v) is 16.0. The van der Waals surface area contributed by atoms with Gasteiger partial charge < -0.3 is 4.57 Å². The third kappa shape index (κ3) is 3.57. The second-order valence-electron chi connectivity index (χ2n) is 6.88. The highest BCUT2D eigenvalue weighted by molar-refractivity contribution is 7.80. The highest BCUT2D eigenvalue weighted by Gasteiger charge is 2.40. The first-order valence-corrected chi connectivity index (χ1v) is 10.1. The summed E-state index contributed by atoms with van der Waals surface area (Å²) in [7, 11) is 1.76. The van der Waals surface area contributed by atoms with E-state index in [4.69, 9.17) is 12.6 Å². The number of rotatable bonds is 5. The number of thiol groups is 1. The van der Waals surface area contributed by atoms with Gasteiger partial charge >= 0.3 is 8.80 Å². The summed E-state index contributed by atoms with van der Waals surface area (Å²) in [4.78, 5) is 1.15. The fraction of sp³-hybridized carbons (Fsp3) is 0.556. The minimum Gasteiger partial charge on any atom is -0.351 e. The van der Waals surface area contributed by atoms with E-state index in [0.29, 0.717) is 0 Å². The van der Waals surface area contributed by atoms with Gasteiger partial charge in [0.2, 0.25) is 0 Å². The van der Waals surface area contributed by atoms with Gasteiger partial charge in [0, 0.05) is 35.5 Å².